The number of methoxy groups -OCH3 is 1. The van der Waals surface area contributed by atoms with Crippen molar-refractivity contribution in [1.82, 2.24) is 25.8 Å². The van der Waals surface area contributed by atoms with Gasteiger partial charge in [-0.1, -0.05) is 38.2 Å². The lowest BCUT2D eigenvalue weighted by Gasteiger charge is -2.39. The molecule has 4 fully saturated rings. The maximum Gasteiger partial charge on any atom is 0.268 e. The van der Waals surface area contributed by atoms with Crippen LogP contribution in [0.25, 0.3) is 10.9 Å². The van der Waals surface area contributed by atoms with Crippen LogP contribution in [0.1, 0.15) is 94.5 Å². The molecule has 0 radical (unpaired) electrons. The van der Waals surface area contributed by atoms with Gasteiger partial charge in [0, 0.05) is 42.4 Å². The molecule has 4 N–H and O–H groups in total. The molecular formula is C38H50N6O6S. The number of piperidine rings is 1. The summed E-state index contributed by atoms with van der Waals surface area (Å²) in [5.41, 5.74) is 0.542. The van der Waals surface area contributed by atoms with E-state index in [2.05, 4.69) is 27.0 Å². The van der Waals surface area contributed by atoms with Crippen molar-refractivity contribution in [2.24, 2.45) is 11.8 Å². The molecule has 0 bridgehead atoms. The summed E-state index contributed by atoms with van der Waals surface area (Å²) < 4.78 is 5.47. The largest absolute Gasteiger partial charge is 0.496 e. The van der Waals surface area contributed by atoms with E-state index in [1.165, 1.54) is 0 Å². The molecular weight excluding hydrogens is 669 g/mol. The van der Waals surface area contributed by atoms with Gasteiger partial charge in [0.1, 0.15) is 28.4 Å². The third-order valence-corrected chi connectivity index (χ3v) is 13.8. The van der Waals surface area contributed by atoms with E-state index in [4.69, 9.17) is 4.74 Å². The van der Waals surface area contributed by atoms with Crippen LogP contribution in [0.5, 0.6) is 5.75 Å². The standard InChI is InChI=1S/C38H50N6O6S/c1-24(45)44-15-13-38(14-16-44)22-26(35(47)43-38)20-29(34(46)33(23-39)51-17-6-7-18-51)41-36(48)30(19-25-9-4-3-5-10-25)42-37(49)31-21-27-28(40-31)11-8-12-32(27)50-2/h8,11-12,21,25-26,29-30,40H,3-7,9-10,13-20,22H2,1-2H3,(H,41,48)(H,42,49)(H,43,47)/t26?,29?,30-/m0/s1. The zero-order valence-corrected chi connectivity index (χ0v) is 30.5. The van der Waals surface area contributed by atoms with E-state index in [-0.39, 0.29) is 34.7 Å². The molecule has 274 valence electrons. The summed E-state index contributed by atoms with van der Waals surface area (Å²) in [7, 11) is 1.08. The van der Waals surface area contributed by atoms with E-state index >= 15 is 0 Å². The van der Waals surface area contributed by atoms with Gasteiger partial charge in [0.15, 0.2) is 0 Å². The summed E-state index contributed by atoms with van der Waals surface area (Å²) in [6.07, 6.45) is 9.24. The first kappa shape index (κ1) is 36.6. The van der Waals surface area contributed by atoms with E-state index in [1.54, 1.807) is 25.0 Å². The molecule has 4 aliphatic rings. The zero-order chi connectivity index (χ0) is 36.1. The van der Waals surface area contributed by atoms with Gasteiger partial charge >= 0.3 is 0 Å². The number of hydrogen-bond donors (Lipinski definition) is 4. The number of H-pyrrole nitrogens is 1. The van der Waals surface area contributed by atoms with Crippen LogP contribution in [-0.4, -0.2) is 93.5 Å². The highest BCUT2D eigenvalue weighted by atomic mass is 32.2. The molecule has 1 aromatic heterocycles. The Hall–Kier alpha value is -4.18. The van der Waals surface area contributed by atoms with Gasteiger partial charge in [-0.2, -0.15) is 15.7 Å². The zero-order valence-electron chi connectivity index (χ0n) is 29.7. The van der Waals surface area contributed by atoms with Crippen molar-refractivity contribution >= 4 is 55.7 Å². The van der Waals surface area contributed by atoms with E-state index < -0.39 is 51.6 Å². The molecule has 1 aliphatic carbocycles. The first-order valence-electron chi connectivity index (χ1n) is 18.4. The Labute approximate surface area is 301 Å². The average molecular weight is 719 g/mol. The Bertz CT molecular complexity index is 1740. The van der Waals surface area contributed by atoms with Crippen molar-refractivity contribution in [1.29, 1.82) is 5.26 Å². The molecule has 2 aromatic rings. The smallest absolute Gasteiger partial charge is 0.268 e. The summed E-state index contributed by atoms with van der Waals surface area (Å²) in [6.45, 7) is 2.63. The van der Waals surface area contributed by atoms with Crippen molar-refractivity contribution in [3.8, 4) is 11.8 Å². The Balaban J connectivity index is 1.24. The van der Waals surface area contributed by atoms with Crippen LogP contribution in [0.2, 0.25) is 0 Å². The summed E-state index contributed by atoms with van der Waals surface area (Å²) in [5.74, 6) is 0.296. The van der Waals surface area contributed by atoms with Crippen molar-refractivity contribution in [2.75, 3.05) is 31.7 Å². The number of fused-ring (bicyclic) bond motifs is 1. The monoisotopic (exact) mass is 718 g/mol. The topological polar surface area (TPSA) is 173 Å². The number of carbonyl (C=O) groups is 5. The van der Waals surface area contributed by atoms with Crippen molar-refractivity contribution in [3.63, 3.8) is 0 Å². The van der Waals surface area contributed by atoms with Gasteiger partial charge in [0.05, 0.1) is 13.2 Å². The number of nitriles is 1. The minimum atomic E-state index is -1.09. The third-order valence-electron chi connectivity index (χ3n) is 11.4. The first-order chi connectivity index (χ1) is 24.6. The fourth-order valence-corrected chi connectivity index (χ4v) is 10.7. The second-order valence-electron chi connectivity index (χ2n) is 14.8. The van der Waals surface area contributed by atoms with Crippen molar-refractivity contribution in [2.45, 2.75) is 102 Å². The van der Waals surface area contributed by atoms with Gasteiger partial charge in [-0.05, 0) is 80.6 Å². The molecule has 13 heteroatoms. The quantitative estimate of drug-likeness (QED) is 0.255. The Morgan fingerprint density at radius 2 is 1.76 bits per heavy atom. The lowest BCUT2D eigenvalue weighted by molar-refractivity contribution is -0.130. The predicted octanol–water partition coefficient (Wildman–Crippen LogP) is 3.97. The lowest BCUT2D eigenvalue weighted by Crippen LogP contribution is -2.53. The van der Waals surface area contributed by atoms with E-state index in [0.717, 1.165) is 67.4 Å². The summed E-state index contributed by atoms with van der Waals surface area (Å²) >= 11 is 0. The summed E-state index contributed by atoms with van der Waals surface area (Å²) in [6, 6.07) is 7.36. The van der Waals surface area contributed by atoms with Crippen LogP contribution < -0.4 is 20.7 Å². The Kier molecular flexibility index (Phi) is 11.5. The number of aromatic nitrogens is 1. The maximum absolute atomic E-state index is 14.3. The van der Waals surface area contributed by atoms with Crippen LogP contribution in [0, 0.1) is 23.2 Å². The fraction of sp³-hybridized carbons (Fsp3) is 0.605. The molecule has 3 atom stereocenters. The number of nitrogens with zero attached hydrogens (tertiary/aromatic N) is 2. The van der Waals surface area contributed by atoms with Gasteiger partial charge in [0.25, 0.3) is 5.91 Å². The Morgan fingerprint density at radius 1 is 1.04 bits per heavy atom. The molecule has 3 aliphatic heterocycles. The van der Waals surface area contributed by atoms with E-state index in [1.807, 2.05) is 18.2 Å². The number of nitrogens with one attached hydrogen (secondary N) is 4. The normalized spacial score (nSPS) is 21.9. The molecule has 12 nitrogen and oxygen atoms in total. The SMILES string of the molecule is COc1cccc2[nH]c(C(=O)N[C@@H](CC3CCCCC3)C(=O)NC(CC3CC4(CCN(C(C)=O)CC4)NC3=O)C(=O)C(C#N)=S3CCCC3)cc12. The van der Waals surface area contributed by atoms with Gasteiger partial charge in [-0.15, -0.1) is 0 Å². The van der Waals surface area contributed by atoms with Crippen LogP contribution in [-0.2, 0) is 19.2 Å². The van der Waals surface area contributed by atoms with Crippen molar-refractivity contribution in [3.05, 3.63) is 30.0 Å². The first-order valence-corrected chi connectivity index (χ1v) is 20.0. The van der Waals surface area contributed by atoms with Crippen LogP contribution in [0.4, 0.5) is 0 Å². The number of amides is 4. The number of Topliss-reactive ketones (excluding diaryl/α,β-unsaturated/α-hetero) is 1. The maximum atomic E-state index is 14.3. The number of ether oxygens (including phenoxy) is 1. The number of likely N-dealkylation sites (tertiary alicyclic amines) is 1. The highest BCUT2D eigenvalue weighted by Gasteiger charge is 2.47. The number of hydrogen-bond acceptors (Lipinski definition) is 7. The molecule has 1 saturated carbocycles. The molecule has 2 unspecified atom stereocenters. The molecule has 4 heterocycles. The minimum Gasteiger partial charge on any atom is -0.496 e. The number of benzene rings is 1. The second kappa shape index (κ2) is 16.0. The van der Waals surface area contributed by atoms with Gasteiger partial charge in [-0.3, -0.25) is 24.0 Å². The second-order valence-corrected chi connectivity index (χ2v) is 17.0. The number of aromatic amines is 1. The molecule has 51 heavy (non-hydrogen) atoms. The predicted molar refractivity (Wildman–Crippen MR) is 196 cm³/mol. The lowest BCUT2D eigenvalue weighted by atomic mass is 9.81. The molecule has 4 amide bonds. The number of rotatable bonds is 11. The molecule has 6 rings (SSSR count). The highest BCUT2D eigenvalue weighted by Crippen LogP contribution is 2.37. The fourth-order valence-electron chi connectivity index (χ4n) is 8.47. The number of ketones is 1. The van der Waals surface area contributed by atoms with Crippen LogP contribution in [0.3, 0.4) is 0 Å². The Morgan fingerprint density at radius 3 is 2.43 bits per heavy atom. The number of carbonyl (C=O) groups excluding carboxylic acids is 5. The minimum absolute atomic E-state index is 0.00514. The summed E-state index contributed by atoms with van der Waals surface area (Å²) in [4.78, 5) is 72.8. The van der Waals surface area contributed by atoms with E-state index in [9.17, 15) is 29.2 Å². The average Bonchev–Trinajstić information content (AvgIpc) is 3.88. The molecule has 3 saturated heterocycles. The van der Waals surface area contributed by atoms with Crippen molar-refractivity contribution < 1.29 is 28.7 Å². The highest BCUT2D eigenvalue weighted by molar-refractivity contribution is 8.17. The van der Waals surface area contributed by atoms with E-state index in [0.29, 0.717) is 44.5 Å². The summed E-state index contributed by atoms with van der Waals surface area (Å²) in [5, 5.41) is 20.1. The van der Waals surface area contributed by atoms with Crippen LogP contribution >= 0.6 is 10.5 Å². The molecule has 1 aromatic carbocycles. The molecule has 1 spiro atoms. The van der Waals surface area contributed by atoms with Gasteiger partial charge in [-0.25, -0.2) is 0 Å². The van der Waals surface area contributed by atoms with Crippen LogP contribution in [0.15, 0.2) is 24.3 Å². The third kappa shape index (κ3) is 8.32. The van der Waals surface area contributed by atoms with Gasteiger partial charge in [0.2, 0.25) is 23.5 Å². The van der Waals surface area contributed by atoms with Gasteiger partial charge < -0.3 is 30.6 Å².